The number of hydrogen-bond acceptors (Lipinski definition) is 4. The first-order chi connectivity index (χ1) is 10.7. The lowest BCUT2D eigenvalue weighted by Gasteiger charge is -2.16. The highest BCUT2D eigenvalue weighted by Gasteiger charge is 2.14. The number of hydrogen-bond donors (Lipinski definition) is 1. The van der Waals surface area contributed by atoms with Crippen molar-refractivity contribution in [3.8, 4) is 0 Å². The molecule has 1 aliphatic carbocycles. The van der Waals surface area contributed by atoms with Gasteiger partial charge in [0, 0.05) is 12.6 Å². The minimum Gasteiger partial charge on any atom is -0.390 e. The van der Waals surface area contributed by atoms with E-state index in [1.807, 2.05) is 17.7 Å². The Morgan fingerprint density at radius 1 is 1.32 bits per heavy atom. The second-order valence-corrected chi connectivity index (χ2v) is 6.59. The number of aliphatic hydroxyl groups excluding tert-OH is 1. The molecule has 0 radical (unpaired) electrons. The van der Waals surface area contributed by atoms with Crippen LogP contribution in [0.3, 0.4) is 0 Å². The van der Waals surface area contributed by atoms with Crippen molar-refractivity contribution < 1.29 is 9.90 Å². The van der Waals surface area contributed by atoms with Gasteiger partial charge in [0.15, 0.2) is 10.9 Å². The fourth-order valence-corrected chi connectivity index (χ4v) is 3.69. The number of nitrogens with zero attached hydrogens (tertiary/aromatic N) is 2. The number of Topliss-reactive ketones (excluding diaryl/α,β-unsaturated/α-hetero) is 1. The highest BCUT2D eigenvalue weighted by atomic mass is 32.2. The van der Waals surface area contributed by atoms with E-state index < -0.39 is 0 Å². The van der Waals surface area contributed by atoms with Gasteiger partial charge in [-0.3, -0.25) is 4.79 Å². The summed E-state index contributed by atoms with van der Waals surface area (Å²) in [5, 5.41) is 9.92. The van der Waals surface area contributed by atoms with Crippen LogP contribution in [0.15, 0.2) is 29.6 Å². The zero-order valence-corrected chi connectivity index (χ0v) is 13.5. The molecule has 1 heterocycles. The largest absolute Gasteiger partial charge is 0.390 e. The maximum atomic E-state index is 12.4. The summed E-state index contributed by atoms with van der Waals surface area (Å²) in [6, 6.07) is 6.12. The van der Waals surface area contributed by atoms with Crippen molar-refractivity contribution in [1.82, 2.24) is 9.55 Å². The van der Waals surface area contributed by atoms with Crippen LogP contribution in [-0.4, -0.2) is 26.2 Å². The number of fused-ring (bicyclic) bond motifs is 1. The quantitative estimate of drug-likeness (QED) is 0.681. The van der Waals surface area contributed by atoms with Gasteiger partial charge < -0.3 is 9.67 Å². The molecule has 1 N–H and O–H groups in total. The molecule has 1 aromatic carbocycles. The van der Waals surface area contributed by atoms with Crippen molar-refractivity contribution in [3.63, 3.8) is 0 Å². The smallest absolute Gasteiger partial charge is 0.173 e. The van der Waals surface area contributed by atoms with E-state index in [1.54, 1.807) is 6.20 Å². The van der Waals surface area contributed by atoms with E-state index in [0.717, 1.165) is 29.3 Å². The molecule has 0 bridgehead atoms. The molecule has 0 amide bonds. The summed E-state index contributed by atoms with van der Waals surface area (Å²) in [6.45, 7) is -0.0389. The van der Waals surface area contributed by atoms with Crippen LogP contribution >= 0.6 is 11.8 Å². The highest BCUT2D eigenvalue weighted by Crippen LogP contribution is 2.24. The Balaban J connectivity index is 1.68. The van der Waals surface area contributed by atoms with E-state index in [-0.39, 0.29) is 12.4 Å². The third-order valence-corrected chi connectivity index (χ3v) is 5.25. The molecular weight excluding hydrogens is 296 g/mol. The minimum atomic E-state index is -0.0389. The number of aryl methyl sites for hydroxylation is 2. The van der Waals surface area contributed by atoms with Gasteiger partial charge >= 0.3 is 0 Å². The van der Waals surface area contributed by atoms with Crippen molar-refractivity contribution in [2.75, 3.05) is 5.75 Å². The summed E-state index contributed by atoms with van der Waals surface area (Å²) in [6.07, 6.45) is 6.34. The van der Waals surface area contributed by atoms with E-state index in [4.69, 9.17) is 5.11 Å². The van der Waals surface area contributed by atoms with Gasteiger partial charge in [0.2, 0.25) is 0 Å². The van der Waals surface area contributed by atoms with Gasteiger partial charge in [-0.05, 0) is 42.9 Å². The van der Waals surface area contributed by atoms with E-state index in [0.29, 0.717) is 5.75 Å². The monoisotopic (exact) mass is 316 g/mol. The number of thioether (sulfide) groups is 1. The van der Waals surface area contributed by atoms with Crippen molar-refractivity contribution in [3.05, 3.63) is 46.8 Å². The van der Waals surface area contributed by atoms with Crippen molar-refractivity contribution in [2.24, 2.45) is 7.05 Å². The first kappa shape index (κ1) is 15.3. The number of aromatic nitrogens is 2. The molecule has 1 aromatic heterocycles. The average molecular weight is 316 g/mol. The molecule has 0 aliphatic heterocycles. The Morgan fingerprint density at radius 2 is 2.09 bits per heavy atom. The Hall–Kier alpha value is -1.59. The van der Waals surface area contributed by atoms with E-state index in [1.165, 1.54) is 35.7 Å². The number of ketones is 1. The zero-order chi connectivity index (χ0) is 15.5. The number of benzene rings is 1. The molecule has 0 spiro atoms. The molecule has 5 heteroatoms. The molecule has 4 nitrogen and oxygen atoms in total. The third-order valence-electron chi connectivity index (χ3n) is 4.21. The summed E-state index contributed by atoms with van der Waals surface area (Å²) in [5.74, 6) is 0.501. The average Bonchev–Trinajstić information content (AvgIpc) is 2.92. The van der Waals surface area contributed by atoms with Crippen molar-refractivity contribution >= 4 is 17.5 Å². The van der Waals surface area contributed by atoms with Gasteiger partial charge in [0.05, 0.1) is 24.3 Å². The molecular formula is C17H20N2O2S. The SMILES string of the molecule is Cn1c(CO)cnc1SCC(=O)c1ccc2c(c1)CCCC2. The summed E-state index contributed by atoms with van der Waals surface area (Å²) >= 11 is 1.41. The van der Waals surface area contributed by atoms with Crippen LogP contribution < -0.4 is 0 Å². The van der Waals surface area contributed by atoms with Gasteiger partial charge in [-0.1, -0.05) is 23.9 Å². The number of rotatable bonds is 5. The van der Waals surface area contributed by atoms with Crippen LogP contribution in [0, 0.1) is 0 Å². The van der Waals surface area contributed by atoms with E-state index in [2.05, 4.69) is 17.1 Å². The Morgan fingerprint density at radius 3 is 2.82 bits per heavy atom. The van der Waals surface area contributed by atoms with Gasteiger partial charge in [-0.25, -0.2) is 4.98 Å². The molecule has 0 unspecified atom stereocenters. The highest BCUT2D eigenvalue weighted by molar-refractivity contribution is 7.99. The lowest BCUT2D eigenvalue weighted by atomic mass is 9.90. The first-order valence-electron chi connectivity index (χ1n) is 7.58. The van der Waals surface area contributed by atoms with Crippen molar-refractivity contribution in [2.45, 2.75) is 37.4 Å². The van der Waals surface area contributed by atoms with Gasteiger partial charge in [0.25, 0.3) is 0 Å². The van der Waals surface area contributed by atoms with E-state index >= 15 is 0 Å². The Labute approximate surface area is 134 Å². The number of carbonyl (C=O) groups is 1. The van der Waals surface area contributed by atoms with Gasteiger partial charge in [0.1, 0.15) is 0 Å². The maximum Gasteiger partial charge on any atom is 0.173 e. The zero-order valence-electron chi connectivity index (χ0n) is 12.7. The van der Waals surface area contributed by atoms with Crippen LogP contribution in [0.2, 0.25) is 0 Å². The second kappa shape index (κ2) is 6.67. The van der Waals surface area contributed by atoms with Gasteiger partial charge in [-0.15, -0.1) is 0 Å². The minimum absolute atomic E-state index is 0.0389. The number of aliphatic hydroxyl groups is 1. The van der Waals surface area contributed by atoms with Crippen LogP contribution in [-0.2, 0) is 26.5 Å². The summed E-state index contributed by atoms with van der Waals surface area (Å²) in [4.78, 5) is 16.6. The molecule has 22 heavy (non-hydrogen) atoms. The Bertz CT molecular complexity index is 694. The predicted octanol–water partition coefficient (Wildman–Crippen LogP) is 2.77. The van der Waals surface area contributed by atoms with Crippen LogP contribution in [0.5, 0.6) is 0 Å². The van der Waals surface area contributed by atoms with Crippen LogP contribution in [0.25, 0.3) is 0 Å². The predicted molar refractivity (Wildman–Crippen MR) is 87.3 cm³/mol. The fraction of sp³-hybridized carbons (Fsp3) is 0.412. The molecule has 3 rings (SSSR count). The van der Waals surface area contributed by atoms with Crippen LogP contribution in [0.1, 0.15) is 40.0 Å². The molecule has 0 atom stereocenters. The molecule has 116 valence electrons. The fourth-order valence-electron chi connectivity index (χ4n) is 2.83. The molecule has 1 aliphatic rings. The lowest BCUT2D eigenvalue weighted by Crippen LogP contribution is -2.08. The Kier molecular flexibility index (Phi) is 4.64. The summed E-state index contributed by atoms with van der Waals surface area (Å²) in [5.41, 5.74) is 4.28. The number of carbonyl (C=O) groups excluding carboxylic acids is 1. The maximum absolute atomic E-state index is 12.4. The lowest BCUT2D eigenvalue weighted by molar-refractivity contribution is 0.102. The molecule has 0 saturated heterocycles. The van der Waals surface area contributed by atoms with Gasteiger partial charge in [-0.2, -0.15) is 0 Å². The second-order valence-electron chi connectivity index (χ2n) is 5.65. The van der Waals surface area contributed by atoms with E-state index in [9.17, 15) is 4.79 Å². The third kappa shape index (κ3) is 3.10. The number of imidazole rings is 1. The molecule has 0 saturated carbocycles. The topological polar surface area (TPSA) is 55.1 Å². The molecule has 2 aromatic rings. The summed E-state index contributed by atoms with van der Waals surface area (Å²) < 4.78 is 1.82. The van der Waals surface area contributed by atoms with Crippen LogP contribution in [0.4, 0.5) is 0 Å². The normalized spacial score (nSPS) is 13.9. The van der Waals surface area contributed by atoms with Crippen molar-refractivity contribution in [1.29, 1.82) is 0 Å². The summed E-state index contributed by atoms with van der Waals surface area (Å²) in [7, 11) is 1.85. The molecule has 0 fully saturated rings. The first-order valence-corrected chi connectivity index (χ1v) is 8.57. The standard InChI is InChI=1S/C17H20N2O2S/c1-19-15(10-20)9-18-17(19)22-11-16(21)14-7-6-12-4-2-3-5-13(12)8-14/h6-9,20H,2-5,10-11H2,1H3.